The van der Waals surface area contributed by atoms with Crippen LogP contribution in [0.1, 0.15) is 13.8 Å². The highest BCUT2D eigenvalue weighted by Crippen LogP contribution is 2.27. The van der Waals surface area contributed by atoms with E-state index in [1.54, 1.807) is 0 Å². The van der Waals surface area contributed by atoms with Crippen LogP contribution in [0.25, 0.3) is 0 Å². The van der Waals surface area contributed by atoms with Gasteiger partial charge >= 0.3 is 0 Å². The number of nitrogens with two attached hydrogens (primary N) is 1. The lowest BCUT2D eigenvalue weighted by molar-refractivity contribution is -0.296. The summed E-state index contributed by atoms with van der Waals surface area (Å²) in [5.74, 6) is -3.62. The summed E-state index contributed by atoms with van der Waals surface area (Å²) >= 11 is 0. The van der Waals surface area contributed by atoms with Crippen molar-refractivity contribution in [2.75, 3.05) is 13.2 Å². The zero-order valence-electron chi connectivity index (χ0n) is 16.4. The molecule has 30 heavy (non-hydrogen) atoms. The van der Waals surface area contributed by atoms with Crippen LogP contribution < -0.4 is 11.1 Å². The summed E-state index contributed by atoms with van der Waals surface area (Å²) in [6, 6.07) is -2.55. The van der Waals surface area contributed by atoms with Gasteiger partial charge in [0.05, 0.1) is 19.3 Å². The summed E-state index contributed by atoms with van der Waals surface area (Å²) in [5.41, 5.74) is 5.38. The number of hydrogen-bond donors (Lipinski definition) is 10. The molecule has 0 aromatic rings. The lowest BCUT2D eigenvalue weighted by Crippen LogP contribution is -2.70. The van der Waals surface area contributed by atoms with Crippen LogP contribution in [0.15, 0.2) is 0 Å². The Morgan fingerprint density at radius 3 is 1.87 bits per heavy atom. The second-order valence-electron chi connectivity index (χ2n) is 7.05. The van der Waals surface area contributed by atoms with E-state index in [0.29, 0.717) is 0 Å². The molecule has 2 unspecified atom stereocenters. The Kier molecular flexibility index (Phi) is 9.65. The molecule has 176 valence electrons. The Labute approximate surface area is 171 Å². The van der Waals surface area contributed by atoms with E-state index in [-0.39, 0.29) is 0 Å². The summed E-state index contributed by atoms with van der Waals surface area (Å²) in [6.45, 7) is 1.09. The molecule has 14 heteroatoms. The highest BCUT2D eigenvalue weighted by atomic mass is 16.7. The van der Waals surface area contributed by atoms with Gasteiger partial charge in [0, 0.05) is 13.8 Å². The van der Waals surface area contributed by atoms with Gasteiger partial charge in [0.2, 0.25) is 11.7 Å². The summed E-state index contributed by atoms with van der Waals surface area (Å²) < 4.78 is 9.61. The van der Waals surface area contributed by atoms with Gasteiger partial charge in [-0.15, -0.1) is 0 Å². The molecule has 0 spiro atoms. The van der Waals surface area contributed by atoms with E-state index in [4.69, 9.17) is 25.4 Å². The van der Waals surface area contributed by atoms with Gasteiger partial charge in [0.1, 0.15) is 42.7 Å². The standard InChI is InChI=1S/2C8H15NO6/c1-3(11)9-5-7(13)6(12)4(2-10)15-8(5)14;1-3(11)8(14)7(9)6(13)5(12)4(2-10)15-8/h4-8,10,12-14H,2H2,1H3,(H,9,11);4-7,10,12-14H,2,9H2,1H3/t4-,5-,6-,7-,8?;4-,5-,6+,7-,8?/m11/s1. The Hall–Kier alpha value is -1.30. The van der Waals surface area contributed by atoms with Gasteiger partial charge in [0.25, 0.3) is 0 Å². The van der Waals surface area contributed by atoms with E-state index in [1.807, 2.05) is 0 Å². The average Bonchev–Trinajstić information content (AvgIpc) is 2.69. The van der Waals surface area contributed by atoms with Gasteiger partial charge in [-0.3, -0.25) is 9.59 Å². The van der Waals surface area contributed by atoms with Crippen molar-refractivity contribution in [3.05, 3.63) is 0 Å². The minimum atomic E-state index is -2.37. The van der Waals surface area contributed by atoms with Gasteiger partial charge in [-0.05, 0) is 0 Å². The number of rotatable bonds is 4. The first-order chi connectivity index (χ1) is 13.8. The highest BCUT2D eigenvalue weighted by molar-refractivity contribution is 5.84. The van der Waals surface area contributed by atoms with E-state index in [0.717, 1.165) is 6.92 Å². The maximum atomic E-state index is 11.1. The summed E-state index contributed by atoms with van der Waals surface area (Å²) in [4.78, 5) is 21.9. The molecule has 2 aliphatic heterocycles. The van der Waals surface area contributed by atoms with Crippen molar-refractivity contribution in [3.63, 3.8) is 0 Å². The normalized spacial score (nSPS) is 43.9. The van der Waals surface area contributed by atoms with Crippen molar-refractivity contribution in [1.29, 1.82) is 0 Å². The zero-order valence-corrected chi connectivity index (χ0v) is 16.4. The number of nitrogens with one attached hydrogen (secondary N) is 1. The molecule has 0 aromatic carbocycles. The van der Waals surface area contributed by atoms with Crippen molar-refractivity contribution in [2.45, 2.75) is 74.6 Å². The summed E-state index contributed by atoms with van der Waals surface area (Å²) in [7, 11) is 0. The third-order valence-electron chi connectivity index (χ3n) is 4.84. The molecule has 2 fully saturated rings. The predicted octanol–water partition coefficient (Wildman–Crippen LogP) is -6.37. The lowest BCUT2D eigenvalue weighted by atomic mass is 9.89. The number of hydrogen-bond acceptors (Lipinski definition) is 13. The summed E-state index contributed by atoms with van der Waals surface area (Å²) in [6.07, 6.45) is -9.46. The first kappa shape index (κ1) is 26.7. The Bertz CT molecular complexity index is 584. The Morgan fingerprint density at radius 2 is 1.43 bits per heavy atom. The number of carbonyl (C=O) groups is 2. The van der Waals surface area contributed by atoms with Crippen molar-refractivity contribution >= 4 is 11.7 Å². The zero-order chi connectivity index (χ0) is 23.4. The molecule has 0 bridgehead atoms. The minimum Gasteiger partial charge on any atom is -0.394 e. The topological polar surface area (TPSA) is 252 Å². The number of aliphatic hydroxyl groups excluding tert-OH is 7. The molecular formula is C16H30N2O12. The Balaban J connectivity index is 0.000000300. The monoisotopic (exact) mass is 442 g/mol. The molecule has 2 aliphatic rings. The van der Waals surface area contributed by atoms with Crippen LogP contribution in [0.2, 0.25) is 0 Å². The third-order valence-corrected chi connectivity index (χ3v) is 4.84. The fourth-order valence-corrected chi connectivity index (χ4v) is 2.99. The second-order valence-corrected chi connectivity index (χ2v) is 7.05. The van der Waals surface area contributed by atoms with Crippen LogP contribution >= 0.6 is 0 Å². The maximum Gasteiger partial charge on any atom is 0.244 e. The van der Waals surface area contributed by atoms with Gasteiger partial charge < -0.3 is 61.4 Å². The van der Waals surface area contributed by atoms with Crippen molar-refractivity contribution in [1.82, 2.24) is 5.32 Å². The van der Waals surface area contributed by atoms with Crippen LogP contribution in [0.4, 0.5) is 0 Å². The highest BCUT2D eigenvalue weighted by Gasteiger charge is 2.54. The fourth-order valence-electron chi connectivity index (χ4n) is 2.99. The predicted molar refractivity (Wildman–Crippen MR) is 95.2 cm³/mol. The largest absolute Gasteiger partial charge is 0.394 e. The van der Waals surface area contributed by atoms with Crippen LogP contribution in [-0.4, -0.2) is 127 Å². The van der Waals surface area contributed by atoms with Crippen LogP contribution in [0, 0.1) is 0 Å². The van der Waals surface area contributed by atoms with E-state index in [1.165, 1.54) is 6.92 Å². The van der Waals surface area contributed by atoms with Crippen molar-refractivity contribution in [3.8, 4) is 0 Å². The summed E-state index contributed by atoms with van der Waals surface area (Å²) in [5, 5.41) is 76.8. The molecule has 2 heterocycles. The van der Waals surface area contributed by atoms with Crippen LogP contribution in [0.3, 0.4) is 0 Å². The molecular weight excluding hydrogens is 412 g/mol. The van der Waals surface area contributed by atoms with E-state index >= 15 is 0 Å². The van der Waals surface area contributed by atoms with Gasteiger partial charge in [-0.2, -0.15) is 0 Å². The fraction of sp³-hybridized carbons (Fsp3) is 0.875. The first-order valence-electron chi connectivity index (χ1n) is 9.03. The van der Waals surface area contributed by atoms with E-state index < -0.39 is 85.7 Å². The Morgan fingerprint density at radius 1 is 0.933 bits per heavy atom. The second kappa shape index (κ2) is 10.8. The van der Waals surface area contributed by atoms with Crippen LogP contribution in [-0.2, 0) is 19.1 Å². The molecule has 1 amide bonds. The third kappa shape index (κ3) is 5.68. The molecule has 2 rings (SSSR count). The molecule has 0 aliphatic carbocycles. The van der Waals surface area contributed by atoms with Gasteiger partial charge in [0.15, 0.2) is 12.1 Å². The minimum absolute atomic E-state index is 0.462. The number of ketones is 1. The molecule has 0 saturated carbocycles. The van der Waals surface area contributed by atoms with Crippen molar-refractivity contribution in [2.24, 2.45) is 5.73 Å². The van der Waals surface area contributed by atoms with Gasteiger partial charge in [-0.1, -0.05) is 0 Å². The van der Waals surface area contributed by atoms with E-state index in [2.05, 4.69) is 5.32 Å². The molecule has 11 N–H and O–H groups in total. The molecule has 0 aromatic heterocycles. The molecule has 2 saturated heterocycles. The number of carbonyl (C=O) groups excluding carboxylic acids is 2. The van der Waals surface area contributed by atoms with Crippen molar-refractivity contribution < 1.29 is 59.9 Å². The smallest absolute Gasteiger partial charge is 0.244 e. The number of amides is 1. The number of Topliss-reactive ketones (excluding diaryl/α,β-unsaturated/α-hetero) is 1. The lowest BCUT2D eigenvalue weighted by Gasteiger charge is -2.44. The molecule has 14 nitrogen and oxygen atoms in total. The average molecular weight is 442 g/mol. The van der Waals surface area contributed by atoms with Gasteiger partial charge in [-0.25, -0.2) is 0 Å². The number of ether oxygens (including phenoxy) is 2. The molecule has 10 atom stereocenters. The van der Waals surface area contributed by atoms with Crippen LogP contribution in [0.5, 0.6) is 0 Å². The van der Waals surface area contributed by atoms with E-state index in [9.17, 15) is 40.2 Å². The quantitative estimate of drug-likeness (QED) is 0.195. The number of aliphatic hydroxyl groups is 8. The molecule has 0 radical (unpaired) electrons. The maximum absolute atomic E-state index is 11.1. The first-order valence-corrected chi connectivity index (χ1v) is 9.03. The SMILES string of the molecule is CC(=O)C1(O)O[C@H](CO)[C@@H](O)[C@H](O)[C@H]1N.CC(=O)N[C@H]1C(O)O[C@H](CO)[C@@H](O)[C@@H]1O.